The van der Waals surface area contributed by atoms with Crippen molar-refractivity contribution in [1.82, 2.24) is 10.1 Å². The Morgan fingerprint density at radius 2 is 1.75 bits per heavy atom. The van der Waals surface area contributed by atoms with E-state index in [0.29, 0.717) is 50.0 Å². The molecule has 9 heteroatoms. The van der Waals surface area contributed by atoms with E-state index in [1.807, 2.05) is 26.8 Å². The van der Waals surface area contributed by atoms with Crippen LogP contribution in [0, 0.1) is 6.92 Å². The van der Waals surface area contributed by atoms with Crippen LogP contribution in [-0.2, 0) is 11.3 Å². The lowest BCUT2D eigenvalue weighted by molar-refractivity contribution is 0.0600. The molecule has 0 saturated carbocycles. The lowest BCUT2D eigenvalue weighted by Gasteiger charge is -2.12. The van der Waals surface area contributed by atoms with Crippen molar-refractivity contribution in [3.8, 4) is 28.6 Å². The topological polar surface area (TPSA) is 83.7 Å². The molecule has 0 N–H and O–H groups in total. The molecule has 4 rings (SSSR count). The summed E-state index contributed by atoms with van der Waals surface area (Å²) in [6, 6.07) is 13.7. The minimum atomic E-state index is -0.411. The maximum Gasteiger partial charge on any atom is 0.337 e. The summed E-state index contributed by atoms with van der Waals surface area (Å²) in [4.78, 5) is 16.0. The second-order valence-electron chi connectivity index (χ2n) is 8.33. The fourth-order valence-corrected chi connectivity index (χ4v) is 4.18. The Labute approximate surface area is 218 Å². The second kappa shape index (κ2) is 11.0. The Bertz CT molecular complexity index is 1360. The quantitative estimate of drug-likeness (QED) is 0.218. The molecule has 0 spiro atoms. The minimum absolute atomic E-state index is 0.0762. The van der Waals surface area contributed by atoms with E-state index in [1.165, 1.54) is 7.11 Å². The Kier molecular flexibility index (Phi) is 7.82. The summed E-state index contributed by atoms with van der Waals surface area (Å²) in [6.45, 7) is 6.07. The molecule has 2 heterocycles. The lowest BCUT2D eigenvalue weighted by atomic mass is 10.0. The minimum Gasteiger partial charge on any atom is -0.487 e. The molecule has 2 aromatic heterocycles. The van der Waals surface area contributed by atoms with E-state index in [2.05, 4.69) is 10.1 Å². The van der Waals surface area contributed by atoms with Crippen molar-refractivity contribution >= 4 is 29.2 Å². The van der Waals surface area contributed by atoms with Crippen molar-refractivity contribution in [2.75, 3.05) is 7.11 Å². The van der Waals surface area contributed by atoms with E-state index in [-0.39, 0.29) is 12.5 Å². The van der Waals surface area contributed by atoms with Crippen molar-refractivity contribution in [3.63, 3.8) is 0 Å². The van der Waals surface area contributed by atoms with Gasteiger partial charge in [-0.25, -0.2) is 9.78 Å². The van der Waals surface area contributed by atoms with Crippen LogP contribution in [0.25, 0.3) is 11.3 Å². The van der Waals surface area contributed by atoms with E-state index in [4.69, 9.17) is 41.9 Å². The molecule has 7 nitrogen and oxygen atoms in total. The van der Waals surface area contributed by atoms with Gasteiger partial charge in [-0.15, -0.1) is 0 Å². The Morgan fingerprint density at radius 3 is 2.36 bits per heavy atom. The van der Waals surface area contributed by atoms with Gasteiger partial charge >= 0.3 is 5.97 Å². The molecule has 0 saturated heterocycles. The van der Waals surface area contributed by atoms with Gasteiger partial charge < -0.3 is 18.7 Å². The van der Waals surface area contributed by atoms with Gasteiger partial charge in [0.1, 0.15) is 29.6 Å². The average molecular weight is 527 g/mol. The maximum absolute atomic E-state index is 11.6. The number of aromatic nitrogens is 2. The normalized spacial score (nSPS) is 11.0. The molecule has 0 amide bonds. The lowest BCUT2D eigenvalue weighted by Crippen LogP contribution is -2.02. The first-order valence-electron chi connectivity index (χ1n) is 11.2. The summed E-state index contributed by atoms with van der Waals surface area (Å²) in [7, 11) is 1.34. The van der Waals surface area contributed by atoms with Crippen LogP contribution < -0.4 is 9.47 Å². The molecule has 0 aliphatic carbocycles. The molecule has 4 aromatic rings. The Balaban J connectivity index is 1.53. The van der Waals surface area contributed by atoms with Crippen LogP contribution in [0.1, 0.15) is 47.0 Å². The molecule has 0 atom stereocenters. The van der Waals surface area contributed by atoms with Gasteiger partial charge in [0.2, 0.25) is 5.88 Å². The molecule has 0 fully saturated rings. The summed E-state index contributed by atoms with van der Waals surface area (Å²) < 4.78 is 22.3. The first-order chi connectivity index (χ1) is 17.3. The van der Waals surface area contributed by atoms with Gasteiger partial charge in [0.05, 0.1) is 34.5 Å². The van der Waals surface area contributed by atoms with Crippen LogP contribution in [0.5, 0.6) is 17.4 Å². The number of hydrogen-bond donors (Lipinski definition) is 0. The number of aryl methyl sites for hydroxylation is 1. The molecule has 2 aromatic carbocycles. The van der Waals surface area contributed by atoms with Gasteiger partial charge in [-0.1, -0.05) is 48.3 Å². The largest absolute Gasteiger partial charge is 0.487 e. The Morgan fingerprint density at radius 1 is 1.06 bits per heavy atom. The molecule has 0 radical (unpaired) electrons. The summed E-state index contributed by atoms with van der Waals surface area (Å²) in [5.74, 6) is 1.87. The van der Waals surface area contributed by atoms with Gasteiger partial charge in [0.15, 0.2) is 0 Å². The van der Waals surface area contributed by atoms with Gasteiger partial charge in [-0.3, -0.25) is 0 Å². The van der Waals surface area contributed by atoms with E-state index in [9.17, 15) is 4.79 Å². The van der Waals surface area contributed by atoms with E-state index in [0.717, 1.165) is 11.1 Å². The molecule has 0 aliphatic heterocycles. The molecule has 0 aliphatic rings. The molecule has 36 heavy (non-hydrogen) atoms. The van der Waals surface area contributed by atoms with Crippen molar-refractivity contribution < 1.29 is 23.5 Å². The van der Waals surface area contributed by atoms with Crippen molar-refractivity contribution in [2.45, 2.75) is 33.3 Å². The Hall–Kier alpha value is -3.55. The van der Waals surface area contributed by atoms with Crippen LogP contribution >= 0.6 is 23.2 Å². The van der Waals surface area contributed by atoms with Crippen molar-refractivity contribution in [2.24, 2.45) is 0 Å². The van der Waals surface area contributed by atoms with Gasteiger partial charge in [-0.2, -0.15) is 0 Å². The fourth-order valence-electron chi connectivity index (χ4n) is 3.60. The van der Waals surface area contributed by atoms with Gasteiger partial charge in [0, 0.05) is 17.0 Å². The molecule has 186 valence electrons. The summed E-state index contributed by atoms with van der Waals surface area (Å²) in [5.41, 5.74) is 3.13. The summed E-state index contributed by atoms with van der Waals surface area (Å²) >= 11 is 12.8. The number of carbonyl (C=O) groups is 1. The van der Waals surface area contributed by atoms with Crippen LogP contribution in [0.2, 0.25) is 10.0 Å². The number of pyridine rings is 1. The van der Waals surface area contributed by atoms with E-state index in [1.54, 1.807) is 48.7 Å². The van der Waals surface area contributed by atoms with Crippen molar-refractivity contribution in [1.29, 1.82) is 0 Å². The summed E-state index contributed by atoms with van der Waals surface area (Å²) in [5, 5.41) is 5.21. The SMILES string of the molecule is COC(=O)c1ccc(Oc2ncc(OCc3c(-c4c(Cl)cccc4Cl)noc3C(C)C)cc2C)cc1. The molecule has 0 unspecified atom stereocenters. The van der Waals surface area contributed by atoms with Crippen LogP contribution in [0.15, 0.2) is 59.3 Å². The van der Waals surface area contributed by atoms with Crippen molar-refractivity contribution in [3.05, 3.63) is 87.2 Å². The average Bonchev–Trinajstić information content (AvgIpc) is 3.28. The molecule has 0 bridgehead atoms. The number of hydrogen-bond acceptors (Lipinski definition) is 7. The highest BCUT2D eigenvalue weighted by Crippen LogP contribution is 2.39. The third kappa shape index (κ3) is 5.48. The van der Waals surface area contributed by atoms with E-state index >= 15 is 0 Å². The number of rotatable bonds is 8. The number of halogens is 2. The van der Waals surface area contributed by atoms with Crippen LogP contribution in [0.4, 0.5) is 0 Å². The smallest absolute Gasteiger partial charge is 0.337 e. The zero-order chi connectivity index (χ0) is 25.8. The molecular weight excluding hydrogens is 503 g/mol. The predicted octanol–water partition coefficient (Wildman–Crippen LogP) is 7.63. The number of esters is 1. The number of methoxy groups -OCH3 is 1. The zero-order valence-corrected chi connectivity index (χ0v) is 21.7. The van der Waals surface area contributed by atoms with Gasteiger partial charge in [0.25, 0.3) is 0 Å². The number of benzene rings is 2. The number of nitrogens with zero attached hydrogens (tertiary/aromatic N) is 2. The fraction of sp³-hybridized carbons (Fsp3) is 0.222. The highest BCUT2D eigenvalue weighted by Gasteiger charge is 2.24. The van der Waals surface area contributed by atoms with Gasteiger partial charge in [-0.05, 0) is 49.4 Å². The maximum atomic E-state index is 11.6. The molecular formula is C27H24Cl2N2O5. The van der Waals surface area contributed by atoms with E-state index < -0.39 is 5.97 Å². The van der Waals surface area contributed by atoms with Crippen LogP contribution in [0.3, 0.4) is 0 Å². The monoisotopic (exact) mass is 526 g/mol. The third-order valence-electron chi connectivity index (χ3n) is 5.42. The first kappa shape index (κ1) is 25.5. The highest BCUT2D eigenvalue weighted by molar-refractivity contribution is 6.39. The standard InChI is InChI=1S/C27H24Cl2N2O5/c1-15(2)25-20(24(31-36-25)23-21(28)6-5-7-22(23)29)14-34-19-12-16(3)26(30-13-19)35-18-10-8-17(9-11-18)27(32)33-4/h5-13,15H,14H2,1-4H3. The number of ether oxygens (including phenoxy) is 3. The summed E-state index contributed by atoms with van der Waals surface area (Å²) in [6.07, 6.45) is 1.58. The second-order valence-corrected chi connectivity index (χ2v) is 9.14. The first-order valence-corrected chi connectivity index (χ1v) is 11.9. The zero-order valence-electron chi connectivity index (χ0n) is 20.2. The number of carbonyl (C=O) groups excluding carboxylic acids is 1. The van der Waals surface area contributed by atoms with Crippen LogP contribution in [-0.4, -0.2) is 23.2 Å². The highest BCUT2D eigenvalue weighted by atomic mass is 35.5. The third-order valence-corrected chi connectivity index (χ3v) is 6.05. The predicted molar refractivity (Wildman–Crippen MR) is 137 cm³/mol.